The van der Waals surface area contributed by atoms with Gasteiger partial charge < -0.3 is 28.4 Å². The maximum absolute atomic E-state index is 9.32. The molecule has 2 aliphatic rings. The zero-order chi connectivity index (χ0) is 19.6. The predicted molar refractivity (Wildman–Crippen MR) is 101 cm³/mol. The summed E-state index contributed by atoms with van der Waals surface area (Å²) >= 11 is 0. The highest BCUT2D eigenvalue weighted by Crippen LogP contribution is 2.41. The van der Waals surface area contributed by atoms with Gasteiger partial charge >= 0.3 is 0 Å². The highest BCUT2D eigenvalue weighted by Gasteiger charge is 2.18. The average molecular weight is 389 g/mol. The Kier molecular flexibility index (Phi) is 4.22. The van der Waals surface area contributed by atoms with E-state index in [1.54, 1.807) is 48.5 Å². The third-order valence-corrected chi connectivity index (χ3v) is 4.49. The van der Waals surface area contributed by atoms with Crippen LogP contribution in [0.5, 0.6) is 46.0 Å². The number of ether oxygens (including phenoxy) is 6. The molecule has 0 fully saturated rings. The van der Waals surface area contributed by atoms with E-state index in [4.69, 9.17) is 28.4 Å². The average Bonchev–Trinajstić information content (AvgIpc) is 3.38. The lowest BCUT2D eigenvalue weighted by Gasteiger charge is -2.15. The van der Waals surface area contributed by atoms with E-state index in [-0.39, 0.29) is 20.0 Å². The Morgan fingerprint density at radius 1 is 0.724 bits per heavy atom. The van der Waals surface area contributed by atoms with Crippen molar-refractivity contribution >= 4 is 0 Å². The molecule has 29 heavy (non-hydrogen) atoms. The fourth-order valence-electron chi connectivity index (χ4n) is 3.12. The van der Waals surface area contributed by atoms with Crippen LogP contribution in [0.1, 0.15) is 5.56 Å². The van der Waals surface area contributed by atoms with Crippen molar-refractivity contribution in [3.63, 3.8) is 0 Å². The summed E-state index contributed by atoms with van der Waals surface area (Å²) in [7, 11) is 0. The smallest absolute Gasteiger partial charge is 0.231 e. The largest absolute Gasteiger partial charge is 0.457 e. The van der Waals surface area contributed by atoms with Crippen molar-refractivity contribution in [2.75, 3.05) is 13.6 Å². The molecule has 0 amide bonds. The van der Waals surface area contributed by atoms with Crippen LogP contribution in [0.4, 0.5) is 0 Å². The summed E-state index contributed by atoms with van der Waals surface area (Å²) in [4.78, 5) is 0. The number of hydrogen-bond donors (Lipinski definition) is 0. The molecule has 0 radical (unpaired) electrons. The lowest BCUT2D eigenvalue weighted by molar-refractivity contribution is 0.173. The van der Waals surface area contributed by atoms with Crippen molar-refractivity contribution in [2.45, 2.75) is 6.42 Å². The van der Waals surface area contributed by atoms with Crippen molar-refractivity contribution in [3.05, 3.63) is 60.2 Å². The van der Waals surface area contributed by atoms with Crippen molar-refractivity contribution in [3.8, 4) is 52.1 Å². The summed E-state index contributed by atoms with van der Waals surface area (Å²) in [6, 6.07) is 18.2. The maximum Gasteiger partial charge on any atom is 0.231 e. The first-order valence-corrected chi connectivity index (χ1v) is 8.94. The topological polar surface area (TPSA) is 79.2 Å². The Balaban J connectivity index is 1.45. The van der Waals surface area contributed by atoms with Gasteiger partial charge in [0.15, 0.2) is 23.0 Å². The van der Waals surface area contributed by atoms with Crippen LogP contribution in [0.2, 0.25) is 0 Å². The summed E-state index contributed by atoms with van der Waals surface area (Å²) in [5, 5.41) is 9.32. The van der Waals surface area contributed by atoms with E-state index in [1.165, 1.54) is 0 Å². The van der Waals surface area contributed by atoms with E-state index < -0.39 is 0 Å². The number of fused-ring (bicyclic) bond motifs is 2. The molecule has 2 heterocycles. The highest BCUT2D eigenvalue weighted by atomic mass is 16.7. The third-order valence-electron chi connectivity index (χ3n) is 4.49. The minimum Gasteiger partial charge on any atom is -0.457 e. The van der Waals surface area contributed by atoms with Crippen LogP contribution in [0.15, 0.2) is 54.6 Å². The number of nitrogens with zero attached hydrogens (tertiary/aromatic N) is 1. The molecule has 2 aliphatic heterocycles. The fraction of sp³-hybridized carbons (Fsp3) is 0.136. The molecular formula is C22H15NO6. The SMILES string of the molecule is N#CCc1c(Oc2ccc3c(c2)OCO3)cccc1Oc1ccc2c(c1)OCO2. The van der Waals surface area contributed by atoms with Gasteiger partial charge in [0.1, 0.15) is 23.0 Å². The van der Waals surface area contributed by atoms with Gasteiger partial charge in [-0.15, -0.1) is 0 Å². The number of hydrogen-bond acceptors (Lipinski definition) is 7. The van der Waals surface area contributed by atoms with E-state index in [0.29, 0.717) is 51.6 Å². The molecule has 3 aromatic carbocycles. The summed E-state index contributed by atoms with van der Waals surface area (Å²) in [5.74, 6) is 4.81. The van der Waals surface area contributed by atoms with E-state index in [2.05, 4.69) is 6.07 Å². The molecule has 0 aromatic heterocycles. The van der Waals surface area contributed by atoms with E-state index in [0.717, 1.165) is 0 Å². The van der Waals surface area contributed by atoms with Crippen molar-refractivity contribution in [1.29, 1.82) is 5.26 Å². The van der Waals surface area contributed by atoms with Crippen LogP contribution >= 0.6 is 0 Å². The number of benzene rings is 3. The molecule has 144 valence electrons. The maximum atomic E-state index is 9.32. The number of nitriles is 1. The lowest BCUT2D eigenvalue weighted by Crippen LogP contribution is -1.96. The summed E-state index contributed by atoms with van der Waals surface area (Å²) in [5.41, 5.74) is 0.644. The molecule has 0 bridgehead atoms. The molecule has 5 rings (SSSR count). The van der Waals surface area contributed by atoms with Crippen LogP contribution in [0.25, 0.3) is 0 Å². The van der Waals surface area contributed by atoms with Gasteiger partial charge in [-0.3, -0.25) is 0 Å². The first-order chi connectivity index (χ1) is 14.3. The summed E-state index contributed by atoms with van der Waals surface area (Å²) in [6.45, 7) is 0.384. The van der Waals surface area contributed by atoms with Crippen LogP contribution < -0.4 is 28.4 Å². The second-order valence-electron chi connectivity index (χ2n) is 6.30. The number of rotatable bonds is 5. The molecule has 0 N–H and O–H groups in total. The van der Waals surface area contributed by atoms with Crippen LogP contribution in [-0.4, -0.2) is 13.6 Å². The Morgan fingerprint density at radius 3 is 1.76 bits per heavy atom. The molecule has 7 heteroatoms. The normalized spacial score (nSPS) is 13.1. The van der Waals surface area contributed by atoms with Crippen molar-refractivity contribution < 1.29 is 28.4 Å². The minimum absolute atomic E-state index is 0.126. The molecule has 0 unspecified atom stereocenters. The second-order valence-corrected chi connectivity index (χ2v) is 6.30. The van der Waals surface area contributed by atoms with Gasteiger partial charge in [-0.05, 0) is 36.4 Å². The second kappa shape index (κ2) is 7.17. The summed E-state index contributed by atoms with van der Waals surface area (Å²) < 4.78 is 33.5. The van der Waals surface area contributed by atoms with Gasteiger partial charge in [-0.2, -0.15) is 5.26 Å². The third kappa shape index (κ3) is 3.32. The Labute approximate surface area is 166 Å². The van der Waals surface area contributed by atoms with E-state index in [9.17, 15) is 5.26 Å². The molecule has 0 saturated carbocycles. The van der Waals surface area contributed by atoms with Gasteiger partial charge in [0, 0.05) is 12.1 Å². The van der Waals surface area contributed by atoms with Crippen LogP contribution in [0.3, 0.4) is 0 Å². The van der Waals surface area contributed by atoms with Crippen LogP contribution in [0, 0.1) is 11.3 Å². The molecule has 0 saturated heterocycles. The fourth-order valence-corrected chi connectivity index (χ4v) is 3.12. The van der Waals surface area contributed by atoms with Gasteiger partial charge in [-0.1, -0.05) is 6.07 Å². The molecule has 0 spiro atoms. The molecule has 7 nitrogen and oxygen atoms in total. The van der Waals surface area contributed by atoms with Crippen molar-refractivity contribution in [1.82, 2.24) is 0 Å². The van der Waals surface area contributed by atoms with E-state index in [1.807, 2.05) is 6.07 Å². The molecule has 3 aromatic rings. The predicted octanol–water partition coefficient (Wildman–Crippen LogP) is 4.79. The summed E-state index contributed by atoms with van der Waals surface area (Å²) in [6.07, 6.45) is 0.126. The molecule has 0 aliphatic carbocycles. The van der Waals surface area contributed by atoms with Gasteiger partial charge in [0.2, 0.25) is 13.6 Å². The Bertz CT molecular complexity index is 1040. The molecular weight excluding hydrogens is 374 g/mol. The van der Waals surface area contributed by atoms with Gasteiger partial charge in [-0.25, -0.2) is 0 Å². The van der Waals surface area contributed by atoms with Gasteiger partial charge in [0.05, 0.1) is 18.1 Å². The lowest BCUT2D eigenvalue weighted by atomic mass is 10.1. The Hall–Kier alpha value is -4.05. The highest BCUT2D eigenvalue weighted by molar-refractivity contribution is 5.53. The first kappa shape index (κ1) is 17.1. The minimum atomic E-state index is 0.126. The van der Waals surface area contributed by atoms with Crippen molar-refractivity contribution in [2.24, 2.45) is 0 Å². The first-order valence-electron chi connectivity index (χ1n) is 8.94. The Morgan fingerprint density at radius 2 is 1.24 bits per heavy atom. The van der Waals surface area contributed by atoms with Crippen LogP contribution in [-0.2, 0) is 6.42 Å². The standard InChI is InChI=1S/C22H15NO6/c23-9-8-16-17(28-14-4-6-19-21(10-14)26-12-24-19)2-1-3-18(16)29-15-5-7-20-22(11-15)27-13-25-20/h1-7,10-11H,8,12-13H2. The van der Waals surface area contributed by atoms with Gasteiger partial charge in [0.25, 0.3) is 0 Å². The monoisotopic (exact) mass is 389 g/mol. The quantitative estimate of drug-likeness (QED) is 0.620. The molecule has 0 atom stereocenters. The zero-order valence-corrected chi connectivity index (χ0v) is 15.2. The zero-order valence-electron chi connectivity index (χ0n) is 15.2. The van der Waals surface area contributed by atoms with E-state index >= 15 is 0 Å².